The highest BCUT2D eigenvalue weighted by Gasteiger charge is 2.45. The van der Waals surface area contributed by atoms with Gasteiger partial charge in [-0.05, 0) is 42.6 Å². The molecule has 0 spiro atoms. The van der Waals surface area contributed by atoms with Gasteiger partial charge in [-0.25, -0.2) is 4.79 Å². The van der Waals surface area contributed by atoms with Crippen LogP contribution in [0.25, 0.3) is 0 Å². The Morgan fingerprint density at radius 1 is 1.27 bits per heavy atom. The molecule has 1 fully saturated rings. The van der Waals surface area contributed by atoms with Crippen LogP contribution in [0, 0.1) is 11.3 Å². The largest absolute Gasteiger partial charge is 0.396 e. The molecule has 4 heteroatoms. The van der Waals surface area contributed by atoms with Gasteiger partial charge in [-0.1, -0.05) is 44.2 Å². The van der Waals surface area contributed by atoms with Crippen molar-refractivity contribution in [3.8, 4) is 0 Å². The molecule has 0 bridgehead atoms. The van der Waals surface area contributed by atoms with E-state index in [4.69, 9.17) is 5.11 Å². The van der Waals surface area contributed by atoms with E-state index in [1.165, 1.54) is 12.8 Å². The first kappa shape index (κ1) is 16.8. The predicted octanol–water partition coefficient (Wildman–Crippen LogP) is 3.24. The minimum atomic E-state index is -0.112. The van der Waals surface area contributed by atoms with Gasteiger partial charge in [-0.3, -0.25) is 0 Å². The molecule has 122 valence electrons. The molecular weight excluding hydrogens is 276 g/mol. The van der Waals surface area contributed by atoms with E-state index in [1.807, 2.05) is 30.3 Å². The molecule has 0 radical (unpaired) electrons. The van der Waals surface area contributed by atoms with E-state index in [9.17, 15) is 4.79 Å². The second kappa shape index (κ2) is 7.63. The van der Waals surface area contributed by atoms with Crippen LogP contribution < -0.4 is 10.6 Å². The van der Waals surface area contributed by atoms with Crippen molar-refractivity contribution < 1.29 is 9.90 Å². The van der Waals surface area contributed by atoms with Crippen molar-refractivity contribution in [3.05, 3.63) is 35.9 Å². The van der Waals surface area contributed by atoms with Gasteiger partial charge in [0, 0.05) is 13.2 Å². The van der Waals surface area contributed by atoms with Crippen molar-refractivity contribution in [2.45, 2.75) is 45.6 Å². The standard InChI is InChI=1S/C18H28N2O2/c1-14(2)18(10-11-18)13-19-17(22)20-16(9-6-12-21)15-7-4-3-5-8-15/h3-5,7-8,14,16,21H,6,9-13H2,1-2H3,(H2,19,20,22). The van der Waals surface area contributed by atoms with E-state index in [1.54, 1.807) is 0 Å². The number of benzene rings is 1. The van der Waals surface area contributed by atoms with Crippen molar-refractivity contribution in [1.29, 1.82) is 0 Å². The molecule has 1 unspecified atom stereocenters. The van der Waals surface area contributed by atoms with Crippen molar-refractivity contribution in [2.75, 3.05) is 13.2 Å². The number of amides is 2. The Morgan fingerprint density at radius 2 is 1.95 bits per heavy atom. The maximum Gasteiger partial charge on any atom is 0.315 e. The van der Waals surface area contributed by atoms with Gasteiger partial charge in [-0.2, -0.15) is 0 Å². The summed E-state index contributed by atoms with van der Waals surface area (Å²) < 4.78 is 0. The molecule has 22 heavy (non-hydrogen) atoms. The number of nitrogens with one attached hydrogen (secondary N) is 2. The highest BCUT2D eigenvalue weighted by Crippen LogP contribution is 2.51. The third-order valence-electron chi connectivity index (χ3n) is 4.88. The quantitative estimate of drug-likeness (QED) is 0.690. The summed E-state index contributed by atoms with van der Waals surface area (Å²) in [6.07, 6.45) is 3.83. The molecule has 0 aliphatic heterocycles. The molecule has 1 saturated carbocycles. The summed E-state index contributed by atoms with van der Waals surface area (Å²) >= 11 is 0. The molecule has 3 N–H and O–H groups in total. The molecule has 0 aromatic heterocycles. The zero-order chi connectivity index (χ0) is 16.0. The lowest BCUT2D eigenvalue weighted by molar-refractivity contribution is 0.227. The molecule has 1 aliphatic rings. The van der Waals surface area contributed by atoms with Crippen molar-refractivity contribution in [2.24, 2.45) is 11.3 Å². The van der Waals surface area contributed by atoms with Crippen molar-refractivity contribution >= 4 is 6.03 Å². The van der Waals surface area contributed by atoms with E-state index in [0.717, 1.165) is 18.5 Å². The van der Waals surface area contributed by atoms with Gasteiger partial charge in [0.05, 0.1) is 6.04 Å². The summed E-state index contributed by atoms with van der Waals surface area (Å²) in [6.45, 7) is 5.34. The first-order valence-corrected chi connectivity index (χ1v) is 8.27. The van der Waals surface area contributed by atoms with Gasteiger partial charge in [-0.15, -0.1) is 0 Å². The van der Waals surface area contributed by atoms with E-state index in [0.29, 0.717) is 17.8 Å². The number of carbonyl (C=O) groups excluding carboxylic acids is 1. The Hall–Kier alpha value is -1.55. The summed E-state index contributed by atoms with van der Waals surface area (Å²) in [7, 11) is 0. The number of hydrogen-bond acceptors (Lipinski definition) is 2. The third kappa shape index (κ3) is 4.47. The van der Waals surface area contributed by atoms with E-state index >= 15 is 0 Å². The smallest absolute Gasteiger partial charge is 0.315 e. The Balaban J connectivity index is 1.88. The van der Waals surface area contributed by atoms with E-state index in [-0.39, 0.29) is 18.7 Å². The maximum absolute atomic E-state index is 12.2. The average molecular weight is 304 g/mol. The number of hydrogen-bond donors (Lipinski definition) is 3. The van der Waals surface area contributed by atoms with Crippen LogP contribution in [0.3, 0.4) is 0 Å². The summed E-state index contributed by atoms with van der Waals surface area (Å²) in [5, 5.41) is 15.1. The topological polar surface area (TPSA) is 61.4 Å². The summed E-state index contributed by atoms with van der Waals surface area (Å²) in [6, 6.07) is 9.77. The molecule has 1 aromatic carbocycles. The lowest BCUT2D eigenvalue weighted by atomic mass is 9.92. The van der Waals surface area contributed by atoms with Crippen LogP contribution in [-0.4, -0.2) is 24.3 Å². The molecule has 2 rings (SSSR count). The first-order valence-electron chi connectivity index (χ1n) is 8.27. The number of aliphatic hydroxyl groups is 1. The predicted molar refractivity (Wildman–Crippen MR) is 88.5 cm³/mol. The van der Waals surface area contributed by atoms with Gasteiger partial charge in [0.15, 0.2) is 0 Å². The second-order valence-corrected chi connectivity index (χ2v) is 6.67. The Bertz CT molecular complexity index is 469. The zero-order valence-corrected chi connectivity index (χ0v) is 13.6. The van der Waals surface area contributed by atoms with E-state index in [2.05, 4.69) is 24.5 Å². The molecule has 0 heterocycles. The molecule has 1 aliphatic carbocycles. The van der Waals surface area contributed by atoms with Crippen LogP contribution in [0.2, 0.25) is 0 Å². The number of rotatable bonds is 8. The molecule has 1 atom stereocenters. The lowest BCUT2D eigenvalue weighted by Crippen LogP contribution is -2.41. The molecule has 4 nitrogen and oxygen atoms in total. The van der Waals surface area contributed by atoms with Crippen LogP contribution in [0.15, 0.2) is 30.3 Å². The fraction of sp³-hybridized carbons (Fsp3) is 0.611. The molecule has 2 amide bonds. The average Bonchev–Trinajstić information content (AvgIpc) is 3.31. The second-order valence-electron chi connectivity index (χ2n) is 6.67. The van der Waals surface area contributed by atoms with Gasteiger partial charge < -0.3 is 15.7 Å². The maximum atomic E-state index is 12.2. The first-order chi connectivity index (χ1) is 10.6. The van der Waals surface area contributed by atoms with E-state index < -0.39 is 0 Å². The van der Waals surface area contributed by atoms with Crippen molar-refractivity contribution in [3.63, 3.8) is 0 Å². The summed E-state index contributed by atoms with van der Waals surface area (Å²) in [4.78, 5) is 12.2. The Labute approximate surface area is 133 Å². The Kier molecular flexibility index (Phi) is 5.83. The number of aliphatic hydroxyl groups excluding tert-OH is 1. The summed E-state index contributed by atoms with van der Waals surface area (Å²) in [5.74, 6) is 0.604. The van der Waals surface area contributed by atoms with Crippen LogP contribution in [0.1, 0.15) is 51.1 Å². The van der Waals surface area contributed by atoms with Gasteiger partial charge in [0.1, 0.15) is 0 Å². The van der Waals surface area contributed by atoms with Gasteiger partial charge in [0.2, 0.25) is 0 Å². The zero-order valence-electron chi connectivity index (χ0n) is 13.6. The monoisotopic (exact) mass is 304 g/mol. The lowest BCUT2D eigenvalue weighted by Gasteiger charge is -2.23. The van der Waals surface area contributed by atoms with Crippen LogP contribution in [0.5, 0.6) is 0 Å². The Morgan fingerprint density at radius 3 is 2.50 bits per heavy atom. The molecule has 1 aromatic rings. The van der Waals surface area contributed by atoms with Crippen LogP contribution in [0.4, 0.5) is 4.79 Å². The number of urea groups is 1. The summed E-state index contributed by atoms with van der Waals surface area (Å²) in [5.41, 5.74) is 1.39. The van der Waals surface area contributed by atoms with Crippen LogP contribution >= 0.6 is 0 Å². The molecular formula is C18H28N2O2. The van der Waals surface area contributed by atoms with Crippen LogP contribution in [-0.2, 0) is 0 Å². The van der Waals surface area contributed by atoms with Gasteiger partial charge >= 0.3 is 6.03 Å². The fourth-order valence-electron chi connectivity index (χ4n) is 2.89. The minimum absolute atomic E-state index is 0.0532. The SMILES string of the molecule is CC(C)C1(CNC(=O)NC(CCCO)c2ccccc2)CC1. The van der Waals surface area contributed by atoms with Crippen molar-refractivity contribution in [1.82, 2.24) is 10.6 Å². The fourth-order valence-corrected chi connectivity index (χ4v) is 2.89. The van der Waals surface area contributed by atoms with Gasteiger partial charge in [0.25, 0.3) is 0 Å². The third-order valence-corrected chi connectivity index (χ3v) is 4.88. The normalized spacial score (nSPS) is 17.1. The highest BCUT2D eigenvalue weighted by atomic mass is 16.3. The number of carbonyl (C=O) groups is 1. The highest BCUT2D eigenvalue weighted by molar-refractivity contribution is 5.74. The molecule has 0 saturated heterocycles. The minimum Gasteiger partial charge on any atom is -0.396 e.